The van der Waals surface area contributed by atoms with Crippen LogP contribution >= 0.6 is 0 Å². The number of fused-ring (bicyclic) bond motifs is 4. The van der Waals surface area contributed by atoms with Gasteiger partial charge < -0.3 is 9.80 Å². The van der Waals surface area contributed by atoms with E-state index in [9.17, 15) is 0 Å². The quantitative estimate of drug-likeness (QED) is 0.200. The molecule has 0 fully saturated rings. The zero-order valence-electron chi connectivity index (χ0n) is 26.8. The van der Waals surface area contributed by atoms with Gasteiger partial charge >= 0.3 is 0 Å². The predicted molar refractivity (Wildman–Crippen MR) is 183 cm³/mol. The molecule has 0 amide bonds. The lowest BCUT2D eigenvalue weighted by atomic mass is 9.33. The number of rotatable bonds is 2. The average molecular weight is 548 g/mol. The molecular weight excluding hydrogens is 507 g/mol. The molecule has 3 heteroatoms. The summed E-state index contributed by atoms with van der Waals surface area (Å²) in [6, 6.07) is 38.1. The third kappa shape index (κ3) is 4.17. The molecule has 0 bridgehead atoms. The Balaban J connectivity index is 1.59. The van der Waals surface area contributed by atoms with Crippen LogP contribution in [0.1, 0.15) is 59.6 Å². The van der Waals surface area contributed by atoms with Gasteiger partial charge in [-0.3, -0.25) is 0 Å². The van der Waals surface area contributed by atoms with Crippen LogP contribution in [0.15, 0.2) is 109 Å². The molecule has 0 unspecified atom stereocenters. The summed E-state index contributed by atoms with van der Waals surface area (Å²) >= 11 is 0. The first-order valence-corrected chi connectivity index (χ1v) is 15.1. The topological polar surface area (TPSA) is 6.48 Å². The highest BCUT2D eigenvalue weighted by atomic mass is 15.2. The van der Waals surface area contributed by atoms with E-state index >= 15 is 0 Å². The smallest absolute Gasteiger partial charge is 0.252 e. The van der Waals surface area contributed by atoms with E-state index in [0.29, 0.717) is 6.04 Å². The normalized spacial score (nSPS) is 14.3. The molecule has 208 valence electrons. The molecule has 0 radical (unpaired) electrons. The molecule has 0 spiro atoms. The molecule has 0 atom stereocenters. The van der Waals surface area contributed by atoms with E-state index in [0.717, 1.165) is 22.7 Å². The van der Waals surface area contributed by atoms with E-state index in [4.69, 9.17) is 1.37 Å². The molecule has 42 heavy (non-hydrogen) atoms. The van der Waals surface area contributed by atoms with E-state index in [1.807, 2.05) is 0 Å². The van der Waals surface area contributed by atoms with Crippen molar-refractivity contribution in [3.8, 4) is 0 Å². The van der Waals surface area contributed by atoms with Gasteiger partial charge in [0.15, 0.2) is 0 Å². The Morgan fingerprint density at radius 3 is 1.76 bits per heavy atom. The van der Waals surface area contributed by atoms with Crippen molar-refractivity contribution < 1.29 is 1.37 Å². The maximum atomic E-state index is 9.11. The zero-order valence-corrected chi connectivity index (χ0v) is 25.8. The van der Waals surface area contributed by atoms with Crippen molar-refractivity contribution in [1.82, 2.24) is 0 Å². The number of anilines is 6. The minimum atomic E-state index is -0.0104. The molecule has 2 nitrogen and oxygen atoms in total. The first-order valence-electron chi connectivity index (χ1n) is 15.6. The lowest BCUT2D eigenvalue weighted by molar-refractivity contribution is 0.569. The summed E-state index contributed by atoms with van der Waals surface area (Å²) < 4.78 is 9.11. The number of aryl methyl sites for hydroxylation is 1. The average Bonchev–Trinajstić information content (AvgIpc) is 2.96. The van der Waals surface area contributed by atoms with Crippen LogP contribution in [0.3, 0.4) is 0 Å². The minimum Gasteiger partial charge on any atom is -0.311 e. The summed E-state index contributed by atoms with van der Waals surface area (Å²) in [5, 5.41) is 0. The predicted octanol–water partition coefficient (Wildman–Crippen LogP) is 8.67. The Kier molecular flexibility index (Phi) is 5.70. The lowest BCUT2D eigenvalue weighted by Crippen LogP contribution is -2.61. The summed E-state index contributed by atoms with van der Waals surface area (Å²) in [5.41, 5.74) is 14.5. The fraction of sp³-hybridized carbons (Fsp3) is 0.231. The molecule has 7 rings (SSSR count). The monoisotopic (exact) mass is 547 g/mol. The number of hydrogen-bond acceptors (Lipinski definition) is 2. The molecule has 2 heterocycles. The largest absolute Gasteiger partial charge is 0.311 e. The van der Waals surface area contributed by atoms with E-state index in [1.165, 1.54) is 44.5 Å². The highest BCUT2D eigenvalue weighted by Crippen LogP contribution is 2.45. The van der Waals surface area contributed by atoms with Gasteiger partial charge in [-0.05, 0) is 99.4 Å². The second-order valence-corrected chi connectivity index (χ2v) is 14.0. The van der Waals surface area contributed by atoms with E-state index in [2.05, 4.69) is 161 Å². The van der Waals surface area contributed by atoms with Crippen molar-refractivity contribution in [2.75, 3.05) is 9.80 Å². The molecule has 0 aromatic heterocycles. The van der Waals surface area contributed by atoms with Gasteiger partial charge in [-0.25, -0.2) is 0 Å². The van der Waals surface area contributed by atoms with Crippen molar-refractivity contribution >= 4 is 57.2 Å². The van der Waals surface area contributed by atoms with Crippen LogP contribution in [-0.4, -0.2) is 6.71 Å². The van der Waals surface area contributed by atoms with Crippen LogP contribution in [0, 0.1) is 6.92 Å². The highest BCUT2D eigenvalue weighted by Gasteiger charge is 2.43. The van der Waals surface area contributed by atoms with Crippen LogP contribution in [0.2, 0.25) is 0 Å². The fourth-order valence-corrected chi connectivity index (χ4v) is 6.66. The van der Waals surface area contributed by atoms with Crippen LogP contribution in [0.4, 0.5) is 34.1 Å². The number of para-hydroxylation sites is 2. The van der Waals surface area contributed by atoms with Crippen molar-refractivity contribution in [3.05, 3.63) is 126 Å². The summed E-state index contributed by atoms with van der Waals surface area (Å²) in [5.74, 6) is 0. The second kappa shape index (κ2) is 9.39. The summed E-state index contributed by atoms with van der Waals surface area (Å²) in [6.07, 6.45) is 0. The van der Waals surface area contributed by atoms with Crippen LogP contribution < -0.4 is 26.2 Å². The SMILES string of the molecule is [2H]c1cc2c3c(c1)N(c1cc(C(C)(C)C)cc(C(C)(C)C)c1)c1cc(C)ccc1B3c1ccccc1N2c1ccccc1. The third-order valence-electron chi connectivity index (χ3n) is 8.91. The van der Waals surface area contributed by atoms with Crippen LogP contribution in [-0.2, 0) is 10.8 Å². The maximum absolute atomic E-state index is 9.11. The Hall–Kier alpha value is -4.24. The zero-order chi connectivity index (χ0) is 30.3. The second-order valence-electron chi connectivity index (χ2n) is 14.0. The highest BCUT2D eigenvalue weighted by molar-refractivity contribution is 7.00. The minimum absolute atomic E-state index is 0.0104. The van der Waals surface area contributed by atoms with Gasteiger partial charge in [0.1, 0.15) is 0 Å². The molecular formula is C39H39BN2. The van der Waals surface area contributed by atoms with Gasteiger partial charge in [-0.15, -0.1) is 0 Å². The molecule has 0 N–H and O–H groups in total. The van der Waals surface area contributed by atoms with Gasteiger partial charge in [0, 0.05) is 34.1 Å². The number of benzene rings is 5. The summed E-state index contributed by atoms with van der Waals surface area (Å²) in [6.45, 7) is 16.0. The summed E-state index contributed by atoms with van der Waals surface area (Å²) in [4.78, 5) is 4.80. The van der Waals surface area contributed by atoms with E-state index in [1.54, 1.807) is 0 Å². The Morgan fingerprint density at radius 2 is 1.12 bits per heavy atom. The first-order chi connectivity index (χ1) is 20.4. The Bertz CT molecular complexity index is 1850. The van der Waals surface area contributed by atoms with Gasteiger partial charge in [0.2, 0.25) is 0 Å². The standard InChI is InChI=1S/C39H39BN2/c1-26-20-21-32-36(22-26)42(30-24-27(38(2,3)4)23-28(25-30)39(5,6)7)35-19-13-18-34-37(35)40(32)31-16-11-12-17-33(31)41(34)29-14-9-8-10-15-29/h8-25H,1-7H3/i13D. The van der Waals surface area contributed by atoms with E-state index < -0.39 is 0 Å². The lowest BCUT2D eigenvalue weighted by Gasteiger charge is -2.44. The molecule has 0 aliphatic carbocycles. The third-order valence-corrected chi connectivity index (χ3v) is 8.91. The van der Waals surface area contributed by atoms with Gasteiger partial charge in [-0.2, -0.15) is 0 Å². The molecule has 5 aromatic carbocycles. The van der Waals surface area contributed by atoms with Crippen molar-refractivity contribution in [1.29, 1.82) is 0 Å². The number of hydrogen-bond donors (Lipinski definition) is 0. The first kappa shape index (κ1) is 25.5. The van der Waals surface area contributed by atoms with Crippen molar-refractivity contribution in [2.45, 2.75) is 59.3 Å². The molecule has 2 aliphatic rings. The van der Waals surface area contributed by atoms with Gasteiger partial charge in [0.25, 0.3) is 6.71 Å². The van der Waals surface area contributed by atoms with Crippen molar-refractivity contribution in [3.63, 3.8) is 0 Å². The van der Waals surface area contributed by atoms with Gasteiger partial charge in [-0.1, -0.05) is 102 Å². The molecule has 0 saturated heterocycles. The Labute approximate surface area is 253 Å². The molecule has 0 saturated carbocycles. The fourth-order valence-electron chi connectivity index (χ4n) is 6.66. The molecule has 2 aliphatic heterocycles. The maximum Gasteiger partial charge on any atom is 0.252 e. The van der Waals surface area contributed by atoms with Crippen LogP contribution in [0.5, 0.6) is 0 Å². The van der Waals surface area contributed by atoms with Crippen LogP contribution in [0.25, 0.3) is 0 Å². The summed E-state index contributed by atoms with van der Waals surface area (Å²) in [7, 11) is 0. The molecule has 5 aromatic rings. The van der Waals surface area contributed by atoms with E-state index in [-0.39, 0.29) is 17.5 Å². The Morgan fingerprint density at radius 1 is 0.548 bits per heavy atom. The van der Waals surface area contributed by atoms with Gasteiger partial charge in [0.05, 0.1) is 1.37 Å². The number of nitrogens with zero attached hydrogens (tertiary/aromatic N) is 2. The van der Waals surface area contributed by atoms with Crippen molar-refractivity contribution in [2.24, 2.45) is 0 Å².